The molecule has 0 atom stereocenters. The molecule has 0 aliphatic carbocycles. The number of carbonyl (C=O) groups excluding carboxylic acids is 1. The minimum Gasteiger partial charge on any atom is -0.464 e. The number of carbonyl (C=O) groups is 1. The molecule has 3 aromatic rings. The lowest BCUT2D eigenvalue weighted by Crippen LogP contribution is -2.12. The number of rotatable bonds is 3. The van der Waals surface area contributed by atoms with E-state index in [4.69, 9.17) is 10.5 Å². The van der Waals surface area contributed by atoms with Crippen molar-refractivity contribution < 1.29 is 9.53 Å². The topological polar surface area (TPSA) is 86.0 Å². The third-order valence-corrected chi connectivity index (χ3v) is 3.57. The number of methoxy groups -OCH3 is 1. The summed E-state index contributed by atoms with van der Waals surface area (Å²) in [6.07, 6.45) is 5.34. The zero-order valence-corrected chi connectivity index (χ0v) is 12.4. The van der Waals surface area contributed by atoms with Gasteiger partial charge in [0.05, 0.1) is 29.7 Å². The van der Waals surface area contributed by atoms with Crippen LogP contribution in [0.2, 0.25) is 0 Å². The molecule has 23 heavy (non-hydrogen) atoms. The van der Waals surface area contributed by atoms with Crippen molar-refractivity contribution in [3.05, 3.63) is 66.2 Å². The molecule has 6 nitrogen and oxygen atoms in total. The van der Waals surface area contributed by atoms with Crippen LogP contribution < -0.4 is 5.73 Å². The number of nitrogens with zero attached hydrogens (tertiary/aromatic N) is 3. The van der Waals surface area contributed by atoms with Gasteiger partial charge in [0, 0.05) is 18.6 Å². The third kappa shape index (κ3) is 2.34. The largest absolute Gasteiger partial charge is 0.464 e. The lowest BCUT2D eigenvalue weighted by molar-refractivity contribution is 0.0593. The molecular formula is C17H14N4O2. The molecule has 2 N–H and O–H groups in total. The predicted octanol–water partition coefficient (Wildman–Crippen LogP) is 2.51. The van der Waals surface area contributed by atoms with Crippen LogP contribution in [-0.4, -0.2) is 22.2 Å². The number of anilines is 1. The standard InChI is InChI=1S/C17H14N4O2/c1-23-17(22)16-15(19)12(10-18)11-21(16)14-7-3-2-6-13(14)20-8-4-5-9-20/h2-9,11H,19H2,1H3. The van der Waals surface area contributed by atoms with Gasteiger partial charge in [0.15, 0.2) is 5.69 Å². The number of nitriles is 1. The van der Waals surface area contributed by atoms with Gasteiger partial charge in [-0.15, -0.1) is 0 Å². The first-order valence-electron chi connectivity index (χ1n) is 6.89. The van der Waals surface area contributed by atoms with E-state index in [1.165, 1.54) is 7.11 Å². The summed E-state index contributed by atoms with van der Waals surface area (Å²) < 4.78 is 8.32. The number of hydrogen-bond acceptors (Lipinski definition) is 4. The Bertz CT molecular complexity index is 901. The molecule has 3 rings (SSSR count). The molecular weight excluding hydrogens is 292 g/mol. The molecule has 0 saturated heterocycles. The lowest BCUT2D eigenvalue weighted by atomic mass is 10.2. The summed E-state index contributed by atoms with van der Waals surface area (Å²) in [5, 5.41) is 9.21. The number of benzene rings is 1. The third-order valence-electron chi connectivity index (χ3n) is 3.57. The van der Waals surface area contributed by atoms with E-state index in [1.807, 2.05) is 59.4 Å². The number of hydrogen-bond donors (Lipinski definition) is 1. The first kappa shape index (κ1) is 14.5. The Morgan fingerprint density at radius 3 is 2.43 bits per heavy atom. The molecule has 0 unspecified atom stereocenters. The summed E-state index contributed by atoms with van der Waals surface area (Å²) in [6.45, 7) is 0. The Labute approximate surface area is 132 Å². The maximum Gasteiger partial charge on any atom is 0.357 e. The Hall–Kier alpha value is -3.46. The minimum absolute atomic E-state index is 0.113. The quantitative estimate of drug-likeness (QED) is 0.753. The van der Waals surface area contributed by atoms with Crippen LogP contribution in [0.25, 0.3) is 11.4 Å². The van der Waals surface area contributed by atoms with E-state index in [0.29, 0.717) is 0 Å². The normalized spacial score (nSPS) is 10.3. The average molecular weight is 306 g/mol. The highest BCUT2D eigenvalue weighted by atomic mass is 16.5. The van der Waals surface area contributed by atoms with E-state index in [-0.39, 0.29) is 16.9 Å². The van der Waals surface area contributed by atoms with E-state index in [1.54, 1.807) is 10.8 Å². The Kier molecular flexibility index (Phi) is 3.61. The van der Waals surface area contributed by atoms with Crippen LogP contribution in [0.1, 0.15) is 16.1 Å². The highest BCUT2D eigenvalue weighted by Gasteiger charge is 2.23. The molecule has 114 valence electrons. The van der Waals surface area contributed by atoms with Crippen LogP contribution in [0.4, 0.5) is 5.69 Å². The molecule has 0 aliphatic rings. The molecule has 2 heterocycles. The van der Waals surface area contributed by atoms with Crippen molar-refractivity contribution in [3.8, 4) is 17.4 Å². The summed E-state index contributed by atoms with van der Waals surface area (Å²) >= 11 is 0. The van der Waals surface area contributed by atoms with Crippen molar-refractivity contribution in [1.29, 1.82) is 5.26 Å². The van der Waals surface area contributed by atoms with Gasteiger partial charge in [0.2, 0.25) is 0 Å². The van der Waals surface area contributed by atoms with E-state index in [9.17, 15) is 10.1 Å². The van der Waals surface area contributed by atoms with Gasteiger partial charge in [0.1, 0.15) is 6.07 Å². The van der Waals surface area contributed by atoms with Gasteiger partial charge in [-0.1, -0.05) is 12.1 Å². The van der Waals surface area contributed by atoms with Gasteiger partial charge < -0.3 is 19.6 Å². The molecule has 0 bridgehead atoms. The fourth-order valence-corrected chi connectivity index (χ4v) is 2.49. The summed E-state index contributed by atoms with van der Waals surface area (Å²) in [7, 11) is 1.28. The van der Waals surface area contributed by atoms with Crippen LogP contribution in [0.15, 0.2) is 55.0 Å². The number of para-hydroxylation sites is 2. The Morgan fingerprint density at radius 2 is 1.83 bits per heavy atom. The zero-order chi connectivity index (χ0) is 16.4. The van der Waals surface area contributed by atoms with Crippen molar-refractivity contribution in [1.82, 2.24) is 9.13 Å². The molecule has 0 radical (unpaired) electrons. The highest BCUT2D eigenvalue weighted by Crippen LogP contribution is 2.28. The summed E-state index contributed by atoms with van der Waals surface area (Å²) in [5.41, 5.74) is 8.00. The van der Waals surface area contributed by atoms with Crippen molar-refractivity contribution >= 4 is 11.7 Å². The minimum atomic E-state index is -0.591. The first-order chi connectivity index (χ1) is 11.2. The lowest BCUT2D eigenvalue weighted by Gasteiger charge is -2.14. The van der Waals surface area contributed by atoms with Gasteiger partial charge in [-0.25, -0.2) is 4.79 Å². The van der Waals surface area contributed by atoms with Crippen LogP contribution in [0.3, 0.4) is 0 Å². The van der Waals surface area contributed by atoms with Crippen LogP contribution in [0, 0.1) is 11.3 Å². The number of esters is 1. The number of nitrogen functional groups attached to an aromatic ring is 1. The summed E-state index contributed by atoms with van der Waals surface area (Å²) in [4.78, 5) is 12.1. The Balaban J connectivity index is 2.29. The number of aromatic nitrogens is 2. The molecule has 6 heteroatoms. The number of nitrogens with two attached hydrogens (primary N) is 1. The van der Waals surface area contributed by atoms with E-state index >= 15 is 0 Å². The second-order valence-corrected chi connectivity index (χ2v) is 4.86. The summed E-state index contributed by atoms with van der Waals surface area (Å²) in [5.74, 6) is -0.591. The Morgan fingerprint density at radius 1 is 1.17 bits per heavy atom. The molecule has 2 aromatic heterocycles. The van der Waals surface area contributed by atoms with Gasteiger partial charge in [-0.05, 0) is 24.3 Å². The van der Waals surface area contributed by atoms with Gasteiger partial charge in [-0.3, -0.25) is 0 Å². The number of ether oxygens (including phenoxy) is 1. The van der Waals surface area contributed by atoms with Gasteiger partial charge >= 0.3 is 5.97 Å². The molecule has 1 aromatic carbocycles. The van der Waals surface area contributed by atoms with Gasteiger partial charge in [-0.2, -0.15) is 5.26 Å². The second kappa shape index (κ2) is 5.73. The maximum absolute atomic E-state index is 12.1. The fraction of sp³-hybridized carbons (Fsp3) is 0.0588. The summed E-state index contributed by atoms with van der Waals surface area (Å²) in [6, 6.07) is 13.3. The van der Waals surface area contributed by atoms with Crippen LogP contribution in [-0.2, 0) is 4.74 Å². The molecule has 0 spiro atoms. The zero-order valence-electron chi connectivity index (χ0n) is 12.4. The van der Waals surface area contributed by atoms with Crippen molar-refractivity contribution in [2.45, 2.75) is 0 Å². The fourth-order valence-electron chi connectivity index (χ4n) is 2.49. The van der Waals surface area contributed by atoms with Gasteiger partial charge in [0.25, 0.3) is 0 Å². The van der Waals surface area contributed by atoms with Crippen molar-refractivity contribution in [2.24, 2.45) is 0 Å². The van der Waals surface area contributed by atoms with Crippen LogP contribution >= 0.6 is 0 Å². The van der Waals surface area contributed by atoms with Crippen molar-refractivity contribution in [3.63, 3.8) is 0 Å². The highest BCUT2D eigenvalue weighted by molar-refractivity contribution is 5.96. The van der Waals surface area contributed by atoms with E-state index in [2.05, 4.69) is 0 Å². The SMILES string of the molecule is COC(=O)c1c(N)c(C#N)cn1-c1ccccc1-n1cccc1. The molecule has 0 amide bonds. The molecule has 0 aliphatic heterocycles. The van der Waals surface area contributed by atoms with Crippen molar-refractivity contribution in [2.75, 3.05) is 12.8 Å². The monoisotopic (exact) mass is 306 g/mol. The first-order valence-corrected chi connectivity index (χ1v) is 6.89. The van der Waals surface area contributed by atoms with E-state index in [0.717, 1.165) is 11.4 Å². The van der Waals surface area contributed by atoms with Crippen LogP contribution in [0.5, 0.6) is 0 Å². The average Bonchev–Trinajstić information content (AvgIpc) is 3.22. The predicted molar refractivity (Wildman–Crippen MR) is 85.6 cm³/mol. The molecule has 0 fully saturated rings. The van der Waals surface area contributed by atoms with E-state index < -0.39 is 5.97 Å². The second-order valence-electron chi connectivity index (χ2n) is 4.86. The molecule has 0 saturated carbocycles. The smallest absolute Gasteiger partial charge is 0.357 e. The maximum atomic E-state index is 12.1.